The molecule has 1 rings (SSSR count). The fourth-order valence-corrected chi connectivity index (χ4v) is 5.20. The maximum atomic E-state index is 12.2. The van der Waals surface area contributed by atoms with Crippen molar-refractivity contribution in [1.29, 1.82) is 0 Å². The highest BCUT2D eigenvalue weighted by molar-refractivity contribution is 7.19. The second-order valence-corrected chi connectivity index (χ2v) is 11.5. The Hall–Kier alpha value is -1.43. The quantitative estimate of drug-likeness (QED) is 0.0870. The molecule has 0 fully saturated rings. The van der Waals surface area contributed by atoms with Gasteiger partial charge in [0, 0.05) is 13.0 Å². The summed E-state index contributed by atoms with van der Waals surface area (Å²) in [6, 6.07) is 0. The first-order valence-electron chi connectivity index (χ1n) is 15.8. The molecule has 0 radical (unpaired) electrons. The van der Waals surface area contributed by atoms with E-state index in [-0.39, 0.29) is 5.91 Å². The number of hydrogen-bond acceptors (Lipinski definition) is 5. The SMILES string of the molecule is CCCCCCCC/C=C/CCCCCCCC(=O)Nc1nnc(NCCCCCCCCCCC)s1. The van der Waals surface area contributed by atoms with E-state index in [2.05, 4.69) is 46.8 Å². The van der Waals surface area contributed by atoms with Crippen molar-refractivity contribution in [2.24, 2.45) is 0 Å². The number of amides is 1. The van der Waals surface area contributed by atoms with Crippen LogP contribution >= 0.6 is 11.3 Å². The molecule has 0 saturated carbocycles. The van der Waals surface area contributed by atoms with Gasteiger partial charge in [-0.05, 0) is 38.5 Å². The number of allylic oxidation sites excluding steroid dienone is 2. The summed E-state index contributed by atoms with van der Waals surface area (Å²) in [5.41, 5.74) is 0. The molecule has 0 aliphatic rings. The van der Waals surface area contributed by atoms with Crippen molar-refractivity contribution < 1.29 is 4.79 Å². The Bertz CT molecular complexity index is 661. The van der Waals surface area contributed by atoms with Crippen molar-refractivity contribution >= 4 is 27.5 Å². The van der Waals surface area contributed by atoms with Crippen LogP contribution in [0.4, 0.5) is 10.3 Å². The van der Waals surface area contributed by atoms with E-state index in [4.69, 9.17) is 0 Å². The molecular formula is C31H58N4OS. The monoisotopic (exact) mass is 534 g/mol. The minimum atomic E-state index is 0.0549. The second kappa shape index (κ2) is 26.2. The van der Waals surface area contributed by atoms with Gasteiger partial charge in [0.25, 0.3) is 0 Å². The van der Waals surface area contributed by atoms with Crippen LogP contribution in [0.3, 0.4) is 0 Å². The van der Waals surface area contributed by atoms with Crippen LogP contribution in [-0.2, 0) is 4.79 Å². The number of nitrogens with zero attached hydrogens (tertiary/aromatic N) is 2. The van der Waals surface area contributed by atoms with Gasteiger partial charge in [-0.3, -0.25) is 4.79 Å². The molecule has 214 valence electrons. The maximum Gasteiger partial charge on any atom is 0.226 e. The average molecular weight is 535 g/mol. The van der Waals surface area contributed by atoms with E-state index in [9.17, 15) is 4.79 Å². The molecule has 0 aromatic carbocycles. The lowest BCUT2D eigenvalue weighted by atomic mass is 10.1. The molecule has 1 aromatic heterocycles. The molecule has 6 heteroatoms. The van der Waals surface area contributed by atoms with Gasteiger partial charge in [0.2, 0.25) is 16.2 Å². The summed E-state index contributed by atoms with van der Waals surface area (Å²) < 4.78 is 0. The van der Waals surface area contributed by atoms with E-state index >= 15 is 0 Å². The van der Waals surface area contributed by atoms with Gasteiger partial charge in [-0.15, -0.1) is 10.2 Å². The van der Waals surface area contributed by atoms with Gasteiger partial charge in [0.1, 0.15) is 0 Å². The number of nitrogens with one attached hydrogen (secondary N) is 2. The molecule has 0 aliphatic carbocycles. The molecule has 37 heavy (non-hydrogen) atoms. The first-order chi connectivity index (χ1) is 18.3. The molecule has 0 bridgehead atoms. The van der Waals surface area contributed by atoms with Crippen LogP contribution in [0.1, 0.15) is 162 Å². The molecule has 0 spiro atoms. The molecule has 1 amide bonds. The Labute approximate surface area is 233 Å². The highest BCUT2D eigenvalue weighted by Crippen LogP contribution is 2.20. The first kappa shape index (κ1) is 33.6. The van der Waals surface area contributed by atoms with E-state index in [1.807, 2.05) is 0 Å². The molecule has 0 aliphatic heterocycles. The normalized spacial score (nSPS) is 11.4. The van der Waals surface area contributed by atoms with Gasteiger partial charge in [-0.1, -0.05) is 140 Å². The van der Waals surface area contributed by atoms with Crippen molar-refractivity contribution in [2.75, 3.05) is 17.2 Å². The Morgan fingerprint density at radius 1 is 0.622 bits per heavy atom. The minimum Gasteiger partial charge on any atom is -0.360 e. The number of rotatable bonds is 27. The number of carbonyl (C=O) groups excluding carboxylic acids is 1. The summed E-state index contributed by atoms with van der Waals surface area (Å²) >= 11 is 1.43. The summed E-state index contributed by atoms with van der Waals surface area (Å²) in [4.78, 5) is 12.2. The molecule has 2 N–H and O–H groups in total. The van der Waals surface area contributed by atoms with Crippen LogP contribution in [0, 0.1) is 0 Å². The Morgan fingerprint density at radius 2 is 1.08 bits per heavy atom. The summed E-state index contributed by atoms with van der Waals surface area (Å²) in [6.07, 6.45) is 33.8. The van der Waals surface area contributed by atoms with Crippen LogP contribution in [0.25, 0.3) is 0 Å². The largest absolute Gasteiger partial charge is 0.360 e. The van der Waals surface area contributed by atoms with Gasteiger partial charge in [0.15, 0.2) is 0 Å². The number of anilines is 2. The highest BCUT2D eigenvalue weighted by atomic mass is 32.1. The summed E-state index contributed by atoms with van der Waals surface area (Å²) in [5.74, 6) is 0.0549. The zero-order valence-corrected chi connectivity index (χ0v) is 25.2. The predicted molar refractivity (Wildman–Crippen MR) is 164 cm³/mol. The van der Waals surface area contributed by atoms with Crippen LogP contribution in [0.2, 0.25) is 0 Å². The second-order valence-electron chi connectivity index (χ2n) is 10.6. The van der Waals surface area contributed by atoms with Gasteiger partial charge in [0.05, 0.1) is 0 Å². The van der Waals surface area contributed by atoms with Gasteiger partial charge < -0.3 is 10.6 Å². The van der Waals surface area contributed by atoms with Gasteiger partial charge >= 0.3 is 0 Å². The van der Waals surface area contributed by atoms with Crippen molar-refractivity contribution in [3.63, 3.8) is 0 Å². The lowest BCUT2D eigenvalue weighted by Gasteiger charge is -2.03. The van der Waals surface area contributed by atoms with E-state index in [1.54, 1.807) is 0 Å². The maximum absolute atomic E-state index is 12.2. The number of unbranched alkanes of at least 4 members (excludes halogenated alkanes) is 19. The Morgan fingerprint density at radius 3 is 1.65 bits per heavy atom. The third-order valence-corrected chi connectivity index (χ3v) is 7.69. The lowest BCUT2D eigenvalue weighted by Crippen LogP contribution is -2.10. The molecule has 1 heterocycles. The molecule has 0 atom stereocenters. The summed E-state index contributed by atoms with van der Waals surface area (Å²) in [7, 11) is 0. The summed E-state index contributed by atoms with van der Waals surface area (Å²) in [5, 5.41) is 15.9. The predicted octanol–water partition coefficient (Wildman–Crippen LogP) is 10.5. The van der Waals surface area contributed by atoms with Crippen molar-refractivity contribution in [3.05, 3.63) is 12.2 Å². The van der Waals surface area contributed by atoms with Crippen molar-refractivity contribution in [2.45, 2.75) is 162 Å². The molecule has 1 aromatic rings. The van der Waals surface area contributed by atoms with E-state index in [1.165, 1.54) is 133 Å². The van der Waals surface area contributed by atoms with Crippen LogP contribution < -0.4 is 10.6 Å². The third kappa shape index (κ3) is 22.3. The van der Waals surface area contributed by atoms with Crippen LogP contribution in [0.15, 0.2) is 12.2 Å². The molecule has 0 unspecified atom stereocenters. The molecule has 0 saturated heterocycles. The number of hydrogen-bond donors (Lipinski definition) is 2. The average Bonchev–Trinajstić information content (AvgIpc) is 3.34. The van der Waals surface area contributed by atoms with Crippen molar-refractivity contribution in [3.8, 4) is 0 Å². The molecule has 5 nitrogen and oxygen atoms in total. The number of aromatic nitrogens is 2. The van der Waals surface area contributed by atoms with Crippen LogP contribution in [0.5, 0.6) is 0 Å². The van der Waals surface area contributed by atoms with E-state index in [0.717, 1.165) is 30.9 Å². The van der Waals surface area contributed by atoms with Gasteiger partial charge in [-0.25, -0.2) is 0 Å². The van der Waals surface area contributed by atoms with Crippen LogP contribution in [-0.4, -0.2) is 22.6 Å². The van der Waals surface area contributed by atoms with E-state index in [0.29, 0.717) is 11.6 Å². The third-order valence-electron chi connectivity index (χ3n) is 6.89. The van der Waals surface area contributed by atoms with Gasteiger partial charge in [-0.2, -0.15) is 0 Å². The summed E-state index contributed by atoms with van der Waals surface area (Å²) in [6.45, 7) is 5.46. The molecular weight excluding hydrogens is 476 g/mol. The Kier molecular flexibility index (Phi) is 23.8. The standard InChI is InChI=1S/C31H58N4OS/c1-3-5-7-9-11-13-14-15-16-17-18-19-21-23-25-27-29(36)33-31-35-34-30(37-31)32-28-26-24-22-20-12-10-8-6-4-2/h15-16H,3-14,17-28H2,1-2H3,(H,32,34)(H,33,35,36)/b16-15+. The zero-order chi connectivity index (χ0) is 26.7. The fourth-order valence-electron chi connectivity index (χ4n) is 4.51. The minimum absolute atomic E-state index is 0.0549. The first-order valence-corrected chi connectivity index (χ1v) is 16.6. The topological polar surface area (TPSA) is 66.9 Å². The zero-order valence-electron chi connectivity index (χ0n) is 24.3. The number of carbonyl (C=O) groups is 1. The fraction of sp³-hybridized carbons (Fsp3) is 0.839. The van der Waals surface area contributed by atoms with Crippen molar-refractivity contribution in [1.82, 2.24) is 10.2 Å². The Balaban J connectivity index is 1.91. The lowest BCUT2D eigenvalue weighted by molar-refractivity contribution is -0.116. The smallest absolute Gasteiger partial charge is 0.226 e. The van der Waals surface area contributed by atoms with E-state index < -0.39 is 0 Å². The highest BCUT2D eigenvalue weighted by Gasteiger charge is 2.08.